The molecule has 7 heteroatoms. The van der Waals surface area contributed by atoms with Gasteiger partial charge >= 0.3 is 6.03 Å². The van der Waals surface area contributed by atoms with Crippen molar-refractivity contribution >= 4 is 17.5 Å². The summed E-state index contributed by atoms with van der Waals surface area (Å²) < 4.78 is 0. The standard InChI is InChI=1S/C12H12N6O/c13-5-8-1-3-10(4-2-8)17-12(19)15-6-9-7-16-18-11(9)14/h1-4,7H,6H2,(H3,14,16,18)(H2,15,17,19). The summed E-state index contributed by atoms with van der Waals surface area (Å²) in [6, 6.07) is 8.22. The lowest BCUT2D eigenvalue weighted by atomic mass is 10.2. The van der Waals surface area contributed by atoms with Crippen molar-refractivity contribution in [3.05, 3.63) is 41.6 Å². The van der Waals surface area contributed by atoms with Gasteiger partial charge in [-0.1, -0.05) is 0 Å². The second-order valence-electron chi connectivity index (χ2n) is 3.81. The third kappa shape index (κ3) is 3.23. The zero-order valence-corrected chi connectivity index (χ0v) is 9.97. The molecule has 0 spiro atoms. The van der Waals surface area contributed by atoms with Gasteiger partial charge < -0.3 is 16.4 Å². The van der Waals surface area contributed by atoms with E-state index in [0.29, 0.717) is 17.1 Å². The predicted molar refractivity (Wildman–Crippen MR) is 70.0 cm³/mol. The number of nitrogens with one attached hydrogen (secondary N) is 3. The molecule has 2 rings (SSSR count). The lowest BCUT2D eigenvalue weighted by Crippen LogP contribution is -2.28. The molecule has 0 unspecified atom stereocenters. The molecule has 2 amide bonds. The van der Waals surface area contributed by atoms with Crippen LogP contribution in [-0.2, 0) is 6.54 Å². The fourth-order valence-corrected chi connectivity index (χ4v) is 1.44. The van der Waals surface area contributed by atoms with Crippen molar-refractivity contribution in [3.8, 4) is 6.07 Å². The second kappa shape index (κ2) is 5.55. The van der Waals surface area contributed by atoms with Gasteiger partial charge in [0, 0.05) is 17.8 Å². The van der Waals surface area contributed by atoms with Gasteiger partial charge in [0.05, 0.1) is 17.8 Å². The summed E-state index contributed by atoms with van der Waals surface area (Å²) in [6.45, 7) is 0.282. The summed E-state index contributed by atoms with van der Waals surface area (Å²) >= 11 is 0. The number of rotatable bonds is 3. The number of urea groups is 1. The van der Waals surface area contributed by atoms with E-state index < -0.39 is 0 Å². The molecule has 0 fully saturated rings. The molecular weight excluding hydrogens is 244 g/mol. The van der Waals surface area contributed by atoms with Gasteiger partial charge in [-0.3, -0.25) is 5.10 Å². The number of nitrogens with zero attached hydrogens (tertiary/aromatic N) is 2. The van der Waals surface area contributed by atoms with E-state index in [9.17, 15) is 4.79 Å². The number of H-pyrrole nitrogens is 1. The Morgan fingerprint density at radius 1 is 1.42 bits per heavy atom. The van der Waals surface area contributed by atoms with E-state index >= 15 is 0 Å². The monoisotopic (exact) mass is 256 g/mol. The van der Waals surface area contributed by atoms with Gasteiger partial charge in [-0.05, 0) is 24.3 Å². The first-order valence-corrected chi connectivity index (χ1v) is 5.52. The molecule has 0 atom stereocenters. The Hall–Kier alpha value is -3.01. The molecule has 1 aromatic heterocycles. The van der Waals surface area contributed by atoms with Crippen LogP contribution in [0.3, 0.4) is 0 Å². The number of hydrogen-bond acceptors (Lipinski definition) is 4. The lowest BCUT2D eigenvalue weighted by Gasteiger charge is -2.07. The molecule has 0 radical (unpaired) electrons. The molecule has 2 aromatic rings. The highest BCUT2D eigenvalue weighted by Crippen LogP contribution is 2.09. The third-order valence-corrected chi connectivity index (χ3v) is 2.46. The molecule has 0 aliphatic carbocycles. The summed E-state index contributed by atoms with van der Waals surface area (Å²) in [6.07, 6.45) is 1.55. The van der Waals surface area contributed by atoms with Gasteiger partial charge in [0.15, 0.2) is 0 Å². The van der Waals surface area contributed by atoms with E-state index in [2.05, 4.69) is 20.8 Å². The number of nitrogen functional groups attached to an aromatic ring is 1. The first-order valence-electron chi connectivity index (χ1n) is 5.52. The van der Waals surface area contributed by atoms with E-state index in [0.717, 1.165) is 5.56 Å². The Morgan fingerprint density at radius 3 is 2.74 bits per heavy atom. The number of nitriles is 1. The minimum absolute atomic E-state index is 0.282. The minimum atomic E-state index is -0.356. The van der Waals surface area contributed by atoms with Gasteiger partial charge in [0.2, 0.25) is 0 Å². The number of amides is 2. The quantitative estimate of drug-likeness (QED) is 0.659. The SMILES string of the molecule is N#Cc1ccc(NC(=O)NCc2cn[nH]c2N)cc1. The highest BCUT2D eigenvalue weighted by atomic mass is 16.2. The Kier molecular flexibility index (Phi) is 3.64. The van der Waals surface area contributed by atoms with Gasteiger partial charge in [0.25, 0.3) is 0 Å². The maximum atomic E-state index is 11.6. The smallest absolute Gasteiger partial charge is 0.319 e. The van der Waals surface area contributed by atoms with Crippen LogP contribution in [0.4, 0.5) is 16.3 Å². The number of nitrogens with two attached hydrogens (primary N) is 1. The number of hydrogen-bond donors (Lipinski definition) is 4. The van der Waals surface area contributed by atoms with Crippen molar-refractivity contribution in [1.82, 2.24) is 15.5 Å². The molecule has 1 heterocycles. The van der Waals surface area contributed by atoms with Gasteiger partial charge in [-0.2, -0.15) is 10.4 Å². The maximum Gasteiger partial charge on any atom is 0.319 e. The molecule has 0 aliphatic rings. The largest absolute Gasteiger partial charge is 0.384 e. The number of anilines is 2. The summed E-state index contributed by atoms with van der Waals surface area (Å²) in [5.41, 5.74) is 7.46. The van der Waals surface area contributed by atoms with E-state index in [1.807, 2.05) is 6.07 Å². The molecule has 0 aliphatic heterocycles. The Morgan fingerprint density at radius 2 is 2.16 bits per heavy atom. The van der Waals surface area contributed by atoms with Crippen molar-refractivity contribution in [3.63, 3.8) is 0 Å². The normalized spacial score (nSPS) is 9.63. The Labute approximate surface area is 109 Å². The molecule has 0 bridgehead atoms. The van der Waals surface area contributed by atoms with Crippen LogP contribution in [0.2, 0.25) is 0 Å². The number of aromatic nitrogens is 2. The van der Waals surface area contributed by atoms with Crippen LogP contribution in [0.25, 0.3) is 0 Å². The minimum Gasteiger partial charge on any atom is -0.384 e. The number of carbonyl (C=O) groups excluding carboxylic acids is 1. The fraction of sp³-hybridized carbons (Fsp3) is 0.0833. The van der Waals surface area contributed by atoms with Crippen LogP contribution in [0.5, 0.6) is 0 Å². The molecule has 0 saturated heterocycles. The maximum absolute atomic E-state index is 11.6. The molecule has 96 valence electrons. The van der Waals surface area contributed by atoms with Crippen LogP contribution >= 0.6 is 0 Å². The van der Waals surface area contributed by atoms with Crippen molar-refractivity contribution in [2.75, 3.05) is 11.1 Å². The first kappa shape index (κ1) is 12.4. The number of carbonyl (C=O) groups is 1. The summed E-state index contributed by atoms with van der Waals surface area (Å²) in [5.74, 6) is 0.429. The van der Waals surface area contributed by atoms with Gasteiger partial charge in [-0.15, -0.1) is 0 Å². The Balaban J connectivity index is 1.87. The molecule has 0 saturated carbocycles. The van der Waals surface area contributed by atoms with E-state index in [-0.39, 0.29) is 12.6 Å². The highest BCUT2D eigenvalue weighted by Gasteiger charge is 2.05. The molecule has 7 nitrogen and oxygen atoms in total. The van der Waals surface area contributed by atoms with Crippen LogP contribution in [0, 0.1) is 11.3 Å². The Bertz CT molecular complexity index is 610. The molecule has 1 aromatic carbocycles. The summed E-state index contributed by atoms with van der Waals surface area (Å²) in [4.78, 5) is 11.6. The first-order chi connectivity index (χ1) is 9.19. The lowest BCUT2D eigenvalue weighted by molar-refractivity contribution is 0.252. The van der Waals surface area contributed by atoms with Crippen LogP contribution in [0.15, 0.2) is 30.5 Å². The third-order valence-electron chi connectivity index (χ3n) is 2.46. The summed E-state index contributed by atoms with van der Waals surface area (Å²) in [5, 5.41) is 20.3. The topological polar surface area (TPSA) is 120 Å². The van der Waals surface area contributed by atoms with Crippen LogP contribution in [0.1, 0.15) is 11.1 Å². The average molecular weight is 256 g/mol. The number of benzene rings is 1. The fourth-order valence-electron chi connectivity index (χ4n) is 1.44. The zero-order chi connectivity index (χ0) is 13.7. The predicted octanol–water partition coefficient (Wildman–Crippen LogP) is 1.19. The second-order valence-corrected chi connectivity index (χ2v) is 3.81. The molecular formula is C12H12N6O. The van der Waals surface area contributed by atoms with Crippen molar-refractivity contribution in [1.29, 1.82) is 5.26 Å². The van der Waals surface area contributed by atoms with Crippen molar-refractivity contribution in [2.24, 2.45) is 0 Å². The van der Waals surface area contributed by atoms with E-state index in [1.165, 1.54) is 0 Å². The average Bonchev–Trinajstić information content (AvgIpc) is 2.83. The summed E-state index contributed by atoms with van der Waals surface area (Å²) in [7, 11) is 0. The number of aromatic amines is 1. The van der Waals surface area contributed by atoms with E-state index in [1.54, 1.807) is 30.5 Å². The molecule has 5 N–H and O–H groups in total. The molecule has 19 heavy (non-hydrogen) atoms. The van der Waals surface area contributed by atoms with E-state index in [4.69, 9.17) is 11.0 Å². The highest BCUT2D eigenvalue weighted by molar-refractivity contribution is 5.89. The van der Waals surface area contributed by atoms with Crippen molar-refractivity contribution in [2.45, 2.75) is 6.54 Å². The zero-order valence-electron chi connectivity index (χ0n) is 9.97. The van der Waals surface area contributed by atoms with Gasteiger partial charge in [-0.25, -0.2) is 4.79 Å². The van der Waals surface area contributed by atoms with Crippen LogP contribution in [-0.4, -0.2) is 16.2 Å². The van der Waals surface area contributed by atoms with Crippen molar-refractivity contribution < 1.29 is 4.79 Å². The van der Waals surface area contributed by atoms with Crippen LogP contribution < -0.4 is 16.4 Å². The van der Waals surface area contributed by atoms with Gasteiger partial charge in [0.1, 0.15) is 5.82 Å².